The van der Waals surface area contributed by atoms with Crippen LogP contribution in [-0.2, 0) is 14.8 Å². The average Bonchev–Trinajstić information content (AvgIpc) is 2.63. The number of rotatable bonds is 8. The molecule has 1 fully saturated rings. The van der Waals surface area contributed by atoms with Gasteiger partial charge >= 0.3 is 0 Å². The zero-order chi connectivity index (χ0) is 20.0. The van der Waals surface area contributed by atoms with Crippen molar-refractivity contribution in [2.45, 2.75) is 40.0 Å². The van der Waals surface area contributed by atoms with Gasteiger partial charge in [-0.25, -0.2) is 8.42 Å². The molecule has 0 N–H and O–H groups in total. The van der Waals surface area contributed by atoms with Gasteiger partial charge in [0.1, 0.15) is 0 Å². The summed E-state index contributed by atoms with van der Waals surface area (Å²) in [6.07, 6.45) is 3.44. The van der Waals surface area contributed by atoms with Crippen molar-refractivity contribution in [3.05, 3.63) is 24.3 Å². The lowest BCUT2D eigenvalue weighted by atomic mass is 9.99. The minimum absolute atomic E-state index is 0.0373. The number of hydrogen-bond donors (Lipinski definition) is 0. The Morgan fingerprint density at radius 1 is 1.07 bits per heavy atom. The number of hydrogen-bond acceptors (Lipinski definition) is 4. The fourth-order valence-electron chi connectivity index (χ4n) is 3.52. The predicted octanol–water partition coefficient (Wildman–Crippen LogP) is 2.95. The average molecular weight is 396 g/mol. The van der Waals surface area contributed by atoms with Crippen LogP contribution in [0.2, 0.25) is 0 Å². The summed E-state index contributed by atoms with van der Waals surface area (Å²) in [7, 11) is -3.45. The van der Waals surface area contributed by atoms with E-state index in [0.29, 0.717) is 11.6 Å². The number of benzene rings is 1. The third kappa shape index (κ3) is 5.86. The van der Waals surface area contributed by atoms with E-state index in [1.54, 1.807) is 0 Å². The van der Waals surface area contributed by atoms with Gasteiger partial charge in [-0.3, -0.25) is 9.10 Å². The summed E-state index contributed by atoms with van der Waals surface area (Å²) in [4.78, 5) is 16.6. The summed E-state index contributed by atoms with van der Waals surface area (Å²) in [6.45, 7) is 9.90. The molecule has 1 heterocycles. The maximum absolute atomic E-state index is 12.5. The molecule has 1 aliphatic rings. The number of sulfonamides is 1. The SMILES string of the molecule is CCN(CC)c1ccc(N(CCC(=O)N2CCC(C)CC2)S(C)(=O)=O)cc1. The van der Waals surface area contributed by atoms with E-state index < -0.39 is 10.0 Å². The molecule has 7 heteroatoms. The smallest absolute Gasteiger partial charge is 0.232 e. The van der Waals surface area contributed by atoms with Crippen LogP contribution >= 0.6 is 0 Å². The summed E-state index contributed by atoms with van der Waals surface area (Å²) in [5.74, 6) is 0.696. The van der Waals surface area contributed by atoms with Crippen molar-refractivity contribution in [2.75, 3.05) is 48.2 Å². The normalized spacial score (nSPS) is 15.6. The van der Waals surface area contributed by atoms with Crippen molar-refractivity contribution in [2.24, 2.45) is 5.92 Å². The number of piperidine rings is 1. The lowest BCUT2D eigenvalue weighted by Gasteiger charge is -2.31. The van der Waals surface area contributed by atoms with Gasteiger partial charge in [0.05, 0.1) is 11.9 Å². The highest BCUT2D eigenvalue weighted by Crippen LogP contribution is 2.23. The molecule has 0 bridgehead atoms. The van der Waals surface area contributed by atoms with Gasteiger partial charge in [-0.05, 0) is 56.9 Å². The third-order valence-corrected chi connectivity index (χ3v) is 6.53. The van der Waals surface area contributed by atoms with Crippen LogP contribution < -0.4 is 9.21 Å². The number of nitrogens with zero attached hydrogens (tertiary/aromatic N) is 3. The number of anilines is 2. The second-order valence-electron chi connectivity index (χ2n) is 7.34. The highest BCUT2D eigenvalue weighted by molar-refractivity contribution is 7.92. The van der Waals surface area contributed by atoms with E-state index >= 15 is 0 Å². The van der Waals surface area contributed by atoms with Crippen molar-refractivity contribution in [3.63, 3.8) is 0 Å². The molecule has 0 radical (unpaired) electrons. The lowest BCUT2D eigenvalue weighted by molar-refractivity contribution is -0.132. The Bertz CT molecular complexity index is 706. The molecule has 1 aromatic carbocycles. The lowest BCUT2D eigenvalue weighted by Crippen LogP contribution is -2.40. The summed E-state index contributed by atoms with van der Waals surface area (Å²) < 4.78 is 25.9. The molecule has 2 rings (SSSR count). The zero-order valence-electron chi connectivity index (χ0n) is 17.0. The Morgan fingerprint density at radius 3 is 2.07 bits per heavy atom. The van der Waals surface area contributed by atoms with E-state index in [9.17, 15) is 13.2 Å². The number of likely N-dealkylation sites (tertiary alicyclic amines) is 1. The van der Waals surface area contributed by atoms with Crippen molar-refractivity contribution in [1.29, 1.82) is 0 Å². The molecule has 1 aliphatic heterocycles. The molecule has 0 atom stereocenters. The summed E-state index contributed by atoms with van der Waals surface area (Å²) in [6, 6.07) is 7.52. The molecule has 152 valence electrons. The first kappa shape index (κ1) is 21.5. The second kappa shape index (κ2) is 9.44. The van der Waals surface area contributed by atoms with Gasteiger partial charge in [0, 0.05) is 44.8 Å². The molecule has 0 saturated carbocycles. The first-order chi connectivity index (χ1) is 12.8. The van der Waals surface area contributed by atoms with Gasteiger partial charge in [-0.15, -0.1) is 0 Å². The van der Waals surface area contributed by atoms with Crippen LogP contribution in [0.25, 0.3) is 0 Å². The van der Waals surface area contributed by atoms with Crippen molar-refractivity contribution in [1.82, 2.24) is 4.90 Å². The van der Waals surface area contributed by atoms with Crippen LogP contribution in [0.4, 0.5) is 11.4 Å². The van der Waals surface area contributed by atoms with Crippen molar-refractivity contribution < 1.29 is 13.2 Å². The van der Waals surface area contributed by atoms with Crippen LogP contribution in [0.1, 0.15) is 40.0 Å². The van der Waals surface area contributed by atoms with E-state index in [2.05, 4.69) is 25.7 Å². The summed E-state index contributed by atoms with van der Waals surface area (Å²) in [5, 5.41) is 0. The molecule has 0 unspecified atom stereocenters. The van der Waals surface area contributed by atoms with Crippen LogP contribution in [0.15, 0.2) is 24.3 Å². The molecular weight excluding hydrogens is 362 g/mol. The van der Waals surface area contributed by atoms with Crippen LogP contribution in [0.3, 0.4) is 0 Å². The summed E-state index contributed by atoms with van der Waals surface area (Å²) in [5.41, 5.74) is 1.67. The fraction of sp³-hybridized carbons (Fsp3) is 0.650. The standard InChI is InChI=1S/C20H33N3O3S/c1-5-21(6-2)18-7-9-19(10-8-18)23(27(4,25)26)16-13-20(24)22-14-11-17(3)12-15-22/h7-10,17H,5-6,11-16H2,1-4H3. The molecule has 1 aromatic rings. The highest BCUT2D eigenvalue weighted by Gasteiger charge is 2.23. The maximum Gasteiger partial charge on any atom is 0.232 e. The van der Waals surface area contributed by atoms with Crippen LogP contribution in [-0.4, -0.2) is 58.2 Å². The first-order valence-corrected chi connectivity index (χ1v) is 11.7. The minimum Gasteiger partial charge on any atom is -0.372 e. The second-order valence-corrected chi connectivity index (χ2v) is 9.24. The van der Waals surface area contributed by atoms with E-state index in [4.69, 9.17) is 0 Å². The molecule has 1 saturated heterocycles. The Balaban J connectivity index is 2.06. The van der Waals surface area contributed by atoms with Crippen LogP contribution in [0, 0.1) is 5.92 Å². The van der Waals surface area contributed by atoms with Gasteiger partial charge in [-0.2, -0.15) is 0 Å². The van der Waals surface area contributed by atoms with Gasteiger partial charge in [-0.1, -0.05) is 6.92 Å². The topological polar surface area (TPSA) is 60.9 Å². The summed E-state index contributed by atoms with van der Waals surface area (Å²) >= 11 is 0. The molecule has 0 aromatic heterocycles. The van der Waals surface area contributed by atoms with E-state index in [1.165, 1.54) is 10.6 Å². The maximum atomic E-state index is 12.5. The Hall–Kier alpha value is -1.76. The minimum atomic E-state index is -3.45. The number of carbonyl (C=O) groups excluding carboxylic acids is 1. The Kier molecular flexibility index (Phi) is 7.53. The third-order valence-electron chi connectivity index (χ3n) is 5.33. The van der Waals surface area contributed by atoms with E-state index in [1.807, 2.05) is 29.2 Å². The number of amides is 1. The molecule has 1 amide bonds. The quantitative estimate of drug-likeness (QED) is 0.679. The van der Waals surface area contributed by atoms with Crippen LogP contribution in [0.5, 0.6) is 0 Å². The number of carbonyl (C=O) groups is 1. The van der Waals surface area contributed by atoms with Gasteiger partial charge in [0.15, 0.2) is 0 Å². The molecule has 6 nitrogen and oxygen atoms in total. The Morgan fingerprint density at radius 2 is 1.59 bits per heavy atom. The largest absolute Gasteiger partial charge is 0.372 e. The molecule has 0 aliphatic carbocycles. The fourth-order valence-corrected chi connectivity index (χ4v) is 4.45. The van der Waals surface area contributed by atoms with Gasteiger partial charge < -0.3 is 9.80 Å². The monoisotopic (exact) mass is 395 g/mol. The zero-order valence-corrected chi connectivity index (χ0v) is 17.8. The van der Waals surface area contributed by atoms with E-state index in [0.717, 1.165) is 44.7 Å². The molecular formula is C20H33N3O3S. The molecule has 27 heavy (non-hydrogen) atoms. The Labute approximate surface area is 164 Å². The van der Waals surface area contributed by atoms with Gasteiger partial charge in [0.2, 0.25) is 15.9 Å². The first-order valence-electron chi connectivity index (χ1n) is 9.86. The van der Waals surface area contributed by atoms with Gasteiger partial charge in [0.25, 0.3) is 0 Å². The highest BCUT2D eigenvalue weighted by atomic mass is 32.2. The van der Waals surface area contributed by atoms with Crippen molar-refractivity contribution >= 4 is 27.3 Å². The van der Waals surface area contributed by atoms with Crippen molar-refractivity contribution in [3.8, 4) is 0 Å². The van der Waals surface area contributed by atoms with E-state index in [-0.39, 0.29) is 18.9 Å². The predicted molar refractivity (Wildman–Crippen MR) is 112 cm³/mol. The molecule has 0 spiro atoms.